The van der Waals surface area contributed by atoms with Gasteiger partial charge in [0.15, 0.2) is 0 Å². The van der Waals surface area contributed by atoms with Crippen molar-refractivity contribution in [3.05, 3.63) is 90.1 Å². The minimum Gasteiger partial charge on any atom is -0.497 e. The Morgan fingerprint density at radius 1 is 0.974 bits per heavy atom. The number of benzene rings is 3. The van der Waals surface area contributed by atoms with Crippen molar-refractivity contribution in [3.63, 3.8) is 0 Å². The number of alkyl halides is 3. The summed E-state index contributed by atoms with van der Waals surface area (Å²) in [7, 11) is 1.65. The molecule has 1 saturated heterocycles. The van der Waals surface area contributed by atoms with E-state index in [1.165, 1.54) is 24.3 Å². The van der Waals surface area contributed by atoms with Crippen molar-refractivity contribution >= 4 is 16.8 Å². The van der Waals surface area contributed by atoms with Crippen LogP contribution in [0, 0.1) is 0 Å². The molecular weight excluding hydrogens is 507 g/mol. The number of carbonyl (C=O) groups excluding carboxylic acids is 1. The smallest absolute Gasteiger partial charge is 0.497 e. The summed E-state index contributed by atoms with van der Waals surface area (Å²) < 4.78 is 46.7. The topological polar surface area (TPSA) is 63.7 Å². The molecule has 1 fully saturated rings. The zero-order valence-corrected chi connectivity index (χ0v) is 21.4. The molecule has 0 atom stereocenters. The summed E-state index contributed by atoms with van der Waals surface area (Å²) >= 11 is 0. The van der Waals surface area contributed by atoms with Gasteiger partial charge in [0, 0.05) is 36.6 Å². The molecule has 0 saturated carbocycles. The number of ether oxygens (including phenoxy) is 2. The molecule has 1 aromatic heterocycles. The fourth-order valence-electron chi connectivity index (χ4n) is 4.86. The molecule has 4 aromatic rings. The predicted octanol–water partition coefficient (Wildman–Crippen LogP) is 6.20. The number of fused-ring (bicyclic) bond motifs is 1. The van der Waals surface area contributed by atoms with Gasteiger partial charge in [-0.3, -0.25) is 14.7 Å². The van der Waals surface area contributed by atoms with Crippen molar-refractivity contribution in [2.75, 3.05) is 20.2 Å². The first kappa shape index (κ1) is 26.5. The van der Waals surface area contributed by atoms with Gasteiger partial charge in [0.25, 0.3) is 5.91 Å². The van der Waals surface area contributed by atoms with E-state index < -0.39 is 6.36 Å². The second-order valence-corrected chi connectivity index (χ2v) is 9.50. The highest BCUT2D eigenvalue weighted by molar-refractivity contribution is 6.01. The molecule has 9 heteroatoms. The fourth-order valence-corrected chi connectivity index (χ4v) is 4.86. The quantitative estimate of drug-likeness (QED) is 0.305. The Balaban J connectivity index is 1.18. The van der Waals surface area contributed by atoms with Crippen LogP contribution in [0.4, 0.5) is 13.2 Å². The number of nitrogens with zero attached hydrogens (tertiary/aromatic N) is 2. The van der Waals surface area contributed by atoms with E-state index >= 15 is 0 Å². The number of hydrogen-bond acceptors (Lipinski definition) is 5. The maximum atomic E-state index is 13.2. The van der Waals surface area contributed by atoms with Gasteiger partial charge in [-0.25, -0.2) is 0 Å². The molecule has 0 radical (unpaired) electrons. The molecule has 2 heterocycles. The number of piperidine rings is 1. The lowest BCUT2D eigenvalue weighted by atomic mass is 9.98. The molecule has 0 bridgehead atoms. The van der Waals surface area contributed by atoms with Gasteiger partial charge < -0.3 is 14.8 Å². The molecule has 5 rings (SSSR count). The third-order valence-corrected chi connectivity index (χ3v) is 6.83. The van der Waals surface area contributed by atoms with Gasteiger partial charge in [-0.2, -0.15) is 0 Å². The lowest BCUT2D eigenvalue weighted by Gasteiger charge is -2.32. The molecular formula is C30H28F3N3O3. The Morgan fingerprint density at radius 3 is 2.41 bits per heavy atom. The number of aromatic nitrogens is 1. The monoisotopic (exact) mass is 535 g/mol. The van der Waals surface area contributed by atoms with Crippen LogP contribution >= 0.6 is 0 Å². The SMILES string of the molecule is COc1ccc2nc(CN3CCC(NC(=O)c4ccccc4-c4ccc(OC(F)(F)F)cc4)CC3)ccc2c1. The number of halogens is 3. The van der Waals surface area contributed by atoms with E-state index in [-0.39, 0.29) is 17.7 Å². The molecule has 202 valence electrons. The summed E-state index contributed by atoms with van der Waals surface area (Å²) in [5.74, 6) is 0.294. The Labute approximate surface area is 224 Å². The maximum absolute atomic E-state index is 13.2. The zero-order valence-electron chi connectivity index (χ0n) is 21.4. The summed E-state index contributed by atoms with van der Waals surface area (Å²) in [6, 6.07) is 22.5. The minimum absolute atomic E-state index is 0.0291. The lowest BCUT2D eigenvalue weighted by molar-refractivity contribution is -0.274. The standard InChI is InChI=1S/C30H28F3N3O3/c1-38-25-12-13-28-21(18-25)6-9-23(34-28)19-36-16-14-22(15-17-36)35-29(37)27-5-3-2-4-26(27)20-7-10-24(11-8-20)39-30(31,32)33/h2-13,18,22H,14-17,19H2,1H3,(H,35,37). The number of likely N-dealkylation sites (tertiary alicyclic amines) is 1. The molecule has 3 aromatic carbocycles. The molecule has 1 aliphatic heterocycles. The lowest BCUT2D eigenvalue weighted by Crippen LogP contribution is -2.44. The molecule has 1 amide bonds. The predicted molar refractivity (Wildman–Crippen MR) is 143 cm³/mol. The highest BCUT2D eigenvalue weighted by atomic mass is 19.4. The number of pyridine rings is 1. The van der Waals surface area contributed by atoms with E-state index in [1.54, 1.807) is 31.4 Å². The van der Waals surface area contributed by atoms with Crippen molar-refractivity contribution in [1.82, 2.24) is 15.2 Å². The molecule has 0 unspecified atom stereocenters. The minimum atomic E-state index is -4.75. The van der Waals surface area contributed by atoms with E-state index in [2.05, 4.69) is 21.0 Å². The third-order valence-electron chi connectivity index (χ3n) is 6.83. The van der Waals surface area contributed by atoms with Crippen LogP contribution < -0.4 is 14.8 Å². The number of amides is 1. The fraction of sp³-hybridized carbons (Fsp3) is 0.267. The summed E-state index contributed by atoms with van der Waals surface area (Å²) in [5.41, 5.74) is 3.67. The average Bonchev–Trinajstić information content (AvgIpc) is 2.93. The van der Waals surface area contributed by atoms with Gasteiger partial charge in [0.2, 0.25) is 0 Å². The highest BCUT2D eigenvalue weighted by Crippen LogP contribution is 2.29. The first-order valence-corrected chi connectivity index (χ1v) is 12.7. The van der Waals surface area contributed by atoms with Crippen LogP contribution in [0.1, 0.15) is 28.9 Å². The summed E-state index contributed by atoms with van der Waals surface area (Å²) in [4.78, 5) is 20.3. The van der Waals surface area contributed by atoms with E-state index in [9.17, 15) is 18.0 Å². The molecule has 0 aliphatic carbocycles. The molecule has 39 heavy (non-hydrogen) atoms. The molecule has 1 N–H and O–H groups in total. The van der Waals surface area contributed by atoms with Crippen molar-refractivity contribution in [2.45, 2.75) is 31.8 Å². The highest BCUT2D eigenvalue weighted by Gasteiger charge is 2.31. The van der Waals surface area contributed by atoms with Crippen LogP contribution in [0.5, 0.6) is 11.5 Å². The van der Waals surface area contributed by atoms with Gasteiger partial charge >= 0.3 is 6.36 Å². The zero-order chi connectivity index (χ0) is 27.4. The van der Waals surface area contributed by atoms with E-state index in [0.717, 1.165) is 54.8 Å². The van der Waals surface area contributed by atoms with Crippen LogP contribution in [0.15, 0.2) is 78.9 Å². The number of nitrogens with one attached hydrogen (secondary N) is 1. The van der Waals surface area contributed by atoms with Crippen molar-refractivity contribution in [3.8, 4) is 22.6 Å². The number of methoxy groups -OCH3 is 1. The second kappa shape index (κ2) is 11.3. The van der Waals surface area contributed by atoms with Crippen molar-refractivity contribution in [1.29, 1.82) is 0 Å². The number of carbonyl (C=O) groups is 1. The van der Waals surface area contributed by atoms with Gasteiger partial charge in [-0.05, 0) is 66.4 Å². The van der Waals surface area contributed by atoms with Gasteiger partial charge in [0.1, 0.15) is 11.5 Å². The van der Waals surface area contributed by atoms with Crippen molar-refractivity contribution in [2.24, 2.45) is 0 Å². The Bertz CT molecular complexity index is 1450. The first-order valence-electron chi connectivity index (χ1n) is 12.7. The van der Waals surface area contributed by atoms with E-state index in [0.29, 0.717) is 16.7 Å². The van der Waals surface area contributed by atoms with Crippen LogP contribution in [0.3, 0.4) is 0 Å². The summed E-state index contributed by atoms with van der Waals surface area (Å²) in [6.07, 6.45) is -3.14. The van der Waals surface area contributed by atoms with Gasteiger partial charge in [-0.1, -0.05) is 36.4 Å². The summed E-state index contributed by atoms with van der Waals surface area (Å²) in [6.45, 7) is 2.39. The number of rotatable bonds is 7. The first-order chi connectivity index (χ1) is 18.8. The van der Waals surface area contributed by atoms with E-state index in [4.69, 9.17) is 9.72 Å². The Morgan fingerprint density at radius 2 is 1.69 bits per heavy atom. The van der Waals surface area contributed by atoms with Crippen LogP contribution in [-0.4, -0.2) is 48.4 Å². The number of hydrogen-bond donors (Lipinski definition) is 1. The summed E-state index contributed by atoms with van der Waals surface area (Å²) in [5, 5.41) is 4.17. The Hall–Kier alpha value is -4.11. The van der Waals surface area contributed by atoms with Crippen molar-refractivity contribution < 1.29 is 27.4 Å². The van der Waals surface area contributed by atoms with Crippen LogP contribution in [0.2, 0.25) is 0 Å². The van der Waals surface area contributed by atoms with Gasteiger partial charge in [-0.15, -0.1) is 13.2 Å². The second-order valence-electron chi connectivity index (χ2n) is 9.50. The Kier molecular flexibility index (Phi) is 7.70. The molecule has 6 nitrogen and oxygen atoms in total. The maximum Gasteiger partial charge on any atom is 0.573 e. The molecule has 1 aliphatic rings. The largest absolute Gasteiger partial charge is 0.573 e. The van der Waals surface area contributed by atoms with E-state index in [1.807, 2.05) is 24.3 Å². The van der Waals surface area contributed by atoms with Crippen LogP contribution in [-0.2, 0) is 6.54 Å². The normalized spacial score (nSPS) is 14.8. The molecule has 0 spiro atoms. The van der Waals surface area contributed by atoms with Gasteiger partial charge in [0.05, 0.1) is 18.3 Å². The third kappa shape index (κ3) is 6.67. The van der Waals surface area contributed by atoms with Crippen LogP contribution in [0.25, 0.3) is 22.0 Å². The average molecular weight is 536 g/mol.